The van der Waals surface area contributed by atoms with Gasteiger partial charge in [-0.2, -0.15) is 0 Å². The summed E-state index contributed by atoms with van der Waals surface area (Å²) in [7, 11) is 0. The number of hydrogen-bond donors (Lipinski definition) is 2. The summed E-state index contributed by atoms with van der Waals surface area (Å²) in [5.74, 6) is -0.103. The van der Waals surface area contributed by atoms with Crippen LogP contribution in [0.15, 0.2) is 36.5 Å². The lowest BCUT2D eigenvalue weighted by Gasteiger charge is -2.11. The lowest BCUT2D eigenvalue weighted by atomic mass is 10.1. The van der Waals surface area contributed by atoms with Crippen LogP contribution in [0.2, 0.25) is 0 Å². The lowest BCUT2D eigenvalue weighted by molar-refractivity contribution is -0.118. The largest absolute Gasteiger partial charge is 0.324 e. The highest BCUT2D eigenvalue weighted by atomic mass is 16.2. The van der Waals surface area contributed by atoms with Crippen LogP contribution in [0.25, 0.3) is 10.9 Å². The highest BCUT2D eigenvalue weighted by molar-refractivity contribution is 6.05. The quantitative estimate of drug-likeness (QED) is 0.820. The SMILES string of the molecule is NC1(C(=O)Nc2cccc3ncccc23)CC1. The van der Waals surface area contributed by atoms with Crippen molar-refractivity contribution in [2.75, 3.05) is 5.32 Å². The van der Waals surface area contributed by atoms with Gasteiger partial charge in [-0.05, 0) is 37.1 Å². The number of nitrogens with one attached hydrogen (secondary N) is 1. The monoisotopic (exact) mass is 227 g/mol. The van der Waals surface area contributed by atoms with Crippen molar-refractivity contribution < 1.29 is 4.79 Å². The molecule has 2 aromatic rings. The smallest absolute Gasteiger partial charge is 0.244 e. The summed E-state index contributed by atoms with van der Waals surface area (Å²) in [6.07, 6.45) is 3.27. The van der Waals surface area contributed by atoms with Crippen molar-refractivity contribution in [1.29, 1.82) is 0 Å². The van der Waals surface area contributed by atoms with E-state index in [9.17, 15) is 4.79 Å². The van der Waals surface area contributed by atoms with Crippen molar-refractivity contribution >= 4 is 22.5 Å². The summed E-state index contributed by atoms with van der Waals surface area (Å²) < 4.78 is 0. The Bertz CT molecular complexity index is 585. The minimum absolute atomic E-state index is 0.103. The lowest BCUT2D eigenvalue weighted by Crippen LogP contribution is -2.37. The standard InChI is InChI=1S/C13H13N3O/c14-13(6-7-13)12(17)16-11-5-1-4-10-9(11)3-2-8-15-10/h1-5,8H,6-7,14H2,(H,16,17). The van der Waals surface area contributed by atoms with Crippen LogP contribution in [-0.2, 0) is 4.79 Å². The Balaban J connectivity index is 1.97. The molecule has 1 fully saturated rings. The number of pyridine rings is 1. The van der Waals surface area contributed by atoms with Crippen LogP contribution in [0.4, 0.5) is 5.69 Å². The molecule has 1 amide bonds. The Labute approximate surface area is 98.8 Å². The van der Waals surface area contributed by atoms with Gasteiger partial charge in [0.1, 0.15) is 0 Å². The van der Waals surface area contributed by atoms with Gasteiger partial charge in [-0.25, -0.2) is 0 Å². The molecule has 86 valence electrons. The molecule has 0 saturated heterocycles. The Morgan fingerprint density at radius 1 is 1.29 bits per heavy atom. The van der Waals surface area contributed by atoms with E-state index in [1.54, 1.807) is 6.20 Å². The fourth-order valence-corrected chi connectivity index (χ4v) is 1.82. The number of benzene rings is 1. The van der Waals surface area contributed by atoms with Crippen LogP contribution in [0.3, 0.4) is 0 Å². The van der Waals surface area contributed by atoms with Crippen LogP contribution in [0.5, 0.6) is 0 Å². The maximum atomic E-state index is 11.9. The molecule has 1 aromatic carbocycles. The second-order valence-electron chi connectivity index (χ2n) is 4.49. The number of rotatable bonds is 2. The van der Waals surface area contributed by atoms with E-state index in [0.717, 1.165) is 29.4 Å². The maximum Gasteiger partial charge on any atom is 0.244 e. The first kappa shape index (κ1) is 10.2. The summed E-state index contributed by atoms with van der Waals surface area (Å²) in [6.45, 7) is 0. The van der Waals surface area contributed by atoms with E-state index in [0.29, 0.717) is 0 Å². The third kappa shape index (κ3) is 1.76. The van der Waals surface area contributed by atoms with E-state index < -0.39 is 5.54 Å². The molecule has 1 saturated carbocycles. The van der Waals surface area contributed by atoms with Crippen molar-refractivity contribution in [1.82, 2.24) is 4.98 Å². The number of carbonyl (C=O) groups is 1. The highest BCUT2D eigenvalue weighted by Crippen LogP contribution is 2.34. The Kier molecular flexibility index (Phi) is 2.12. The predicted molar refractivity (Wildman–Crippen MR) is 66.5 cm³/mol. The predicted octanol–water partition coefficient (Wildman–Crippen LogP) is 1.66. The number of fused-ring (bicyclic) bond motifs is 1. The molecule has 0 aliphatic heterocycles. The van der Waals surface area contributed by atoms with E-state index in [4.69, 9.17) is 5.73 Å². The van der Waals surface area contributed by atoms with Crippen LogP contribution >= 0.6 is 0 Å². The molecule has 1 aromatic heterocycles. The Morgan fingerprint density at radius 2 is 2.12 bits per heavy atom. The van der Waals surface area contributed by atoms with Crippen LogP contribution in [0.1, 0.15) is 12.8 Å². The van der Waals surface area contributed by atoms with E-state index in [1.165, 1.54) is 0 Å². The van der Waals surface area contributed by atoms with E-state index in [2.05, 4.69) is 10.3 Å². The van der Waals surface area contributed by atoms with Gasteiger partial charge in [0.15, 0.2) is 0 Å². The third-order valence-electron chi connectivity index (χ3n) is 3.13. The van der Waals surface area contributed by atoms with Crippen LogP contribution in [0, 0.1) is 0 Å². The van der Waals surface area contributed by atoms with Crippen LogP contribution < -0.4 is 11.1 Å². The number of hydrogen-bond acceptors (Lipinski definition) is 3. The van der Waals surface area contributed by atoms with Crippen molar-refractivity contribution in [3.05, 3.63) is 36.5 Å². The molecule has 0 spiro atoms. The van der Waals surface area contributed by atoms with Gasteiger partial charge in [0.2, 0.25) is 5.91 Å². The fraction of sp³-hybridized carbons (Fsp3) is 0.231. The molecular weight excluding hydrogens is 214 g/mol. The molecule has 0 radical (unpaired) electrons. The van der Waals surface area contributed by atoms with Gasteiger partial charge in [-0.3, -0.25) is 9.78 Å². The molecule has 3 N–H and O–H groups in total. The molecule has 1 heterocycles. The van der Waals surface area contributed by atoms with Gasteiger partial charge in [0, 0.05) is 11.6 Å². The zero-order chi connectivity index (χ0) is 11.9. The number of nitrogens with two attached hydrogens (primary N) is 1. The molecule has 4 heteroatoms. The average molecular weight is 227 g/mol. The minimum Gasteiger partial charge on any atom is -0.324 e. The van der Waals surface area contributed by atoms with Gasteiger partial charge < -0.3 is 11.1 Å². The first-order valence-electron chi connectivity index (χ1n) is 5.63. The summed E-state index contributed by atoms with van der Waals surface area (Å²) in [5.41, 5.74) is 6.85. The van der Waals surface area contributed by atoms with Crippen molar-refractivity contribution in [3.8, 4) is 0 Å². The van der Waals surface area contributed by atoms with E-state index in [1.807, 2.05) is 30.3 Å². The molecule has 0 unspecified atom stereocenters. The number of carbonyl (C=O) groups excluding carboxylic acids is 1. The van der Waals surface area contributed by atoms with Gasteiger partial charge in [0.05, 0.1) is 16.7 Å². The van der Waals surface area contributed by atoms with E-state index >= 15 is 0 Å². The second kappa shape index (κ2) is 3.53. The third-order valence-corrected chi connectivity index (χ3v) is 3.13. The summed E-state index contributed by atoms with van der Waals surface area (Å²) in [6, 6.07) is 9.45. The van der Waals surface area contributed by atoms with E-state index in [-0.39, 0.29) is 5.91 Å². The van der Waals surface area contributed by atoms with Gasteiger partial charge in [-0.15, -0.1) is 0 Å². The zero-order valence-corrected chi connectivity index (χ0v) is 9.31. The van der Waals surface area contributed by atoms with Gasteiger partial charge in [-0.1, -0.05) is 6.07 Å². The van der Waals surface area contributed by atoms with Crippen molar-refractivity contribution in [3.63, 3.8) is 0 Å². The Hall–Kier alpha value is -1.94. The van der Waals surface area contributed by atoms with Crippen LogP contribution in [-0.4, -0.2) is 16.4 Å². The number of anilines is 1. The summed E-state index contributed by atoms with van der Waals surface area (Å²) in [5, 5.41) is 3.82. The molecule has 0 atom stereocenters. The topological polar surface area (TPSA) is 68.0 Å². The molecule has 1 aliphatic rings. The fourth-order valence-electron chi connectivity index (χ4n) is 1.82. The van der Waals surface area contributed by atoms with Gasteiger partial charge in [0.25, 0.3) is 0 Å². The summed E-state index contributed by atoms with van der Waals surface area (Å²) >= 11 is 0. The molecule has 4 nitrogen and oxygen atoms in total. The molecular formula is C13H13N3O. The molecule has 17 heavy (non-hydrogen) atoms. The number of amides is 1. The number of aromatic nitrogens is 1. The second-order valence-corrected chi connectivity index (χ2v) is 4.49. The minimum atomic E-state index is -0.648. The molecule has 0 bridgehead atoms. The molecule has 3 rings (SSSR count). The Morgan fingerprint density at radius 3 is 2.88 bits per heavy atom. The zero-order valence-electron chi connectivity index (χ0n) is 9.31. The summed E-state index contributed by atoms with van der Waals surface area (Å²) in [4.78, 5) is 16.1. The van der Waals surface area contributed by atoms with Crippen molar-refractivity contribution in [2.24, 2.45) is 5.73 Å². The highest BCUT2D eigenvalue weighted by Gasteiger charge is 2.46. The van der Waals surface area contributed by atoms with Crippen molar-refractivity contribution in [2.45, 2.75) is 18.4 Å². The average Bonchev–Trinajstić information content (AvgIpc) is 3.09. The normalized spacial score (nSPS) is 16.8. The number of nitrogens with zero attached hydrogens (tertiary/aromatic N) is 1. The molecule has 1 aliphatic carbocycles. The van der Waals surface area contributed by atoms with Gasteiger partial charge >= 0.3 is 0 Å². The maximum absolute atomic E-state index is 11.9. The first-order valence-corrected chi connectivity index (χ1v) is 5.63. The first-order chi connectivity index (χ1) is 8.19.